The maximum absolute atomic E-state index is 6.25. The van der Waals surface area contributed by atoms with Crippen molar-refractivity contribution in [2.75, 3.05) is 17.6 Å². The molecular formula is C16H16ClNS. The molecule has 0 aromatic heterocycles. The van der Waals surface area contributed by atoms with E-state index in [-0.39, 0.29) is 0 Å². The average Bonchev–Trinajstić information content (AvgIpc) is 2.82. The number of hydrogen-bond acceptors (Lipinski definition) is 2. The SMILES string of the molecule is Cc1cccc(Cl)c1NCC1CSc2ccccc21. The molecule has 98 valence electrons. The molecule has 3 rings (SSSR count). The Hall–Kier alpha value is -1.12. The Morgan fingerprint density at radius 2 is 2.05 bits per heavy atom. The standard InChI is InChI=1S/C16H16ClNS/c1-11-5-4-7-14(17)16(11)18-9-12-10-19-15-8-3-2-6-13(12)15/h2-8,12,18H,9-10H2,1H3. The number of benzene rings is 2. The van der Waals surface area contributed by atoms with Crippen LogP contribution in [0.4, 0.5) is 5.69 Å². The molecule has 0 aliphatic carbocycles. The summed E-state index contributed by atoms with van der Waals surface area (Å²) >= 11 is 8.19. The second kappa shape index (κ2) is 5.48. The first kappa shape index (κ1) is 12.9. The highest BCUT2D eigenvalue weighted by Crippen LogP contribution is 2.39. The van der Waals surface area contributed by atoms with Crippen LogP contribution < -0.4 is 5.32 Å². The molecule has 1 unspecified atom stereocenters. The smallest absolute Gasteiger partial charge is 0.0640 e. The minimum atomic E-state index is 0.567. The molecule has 0 bridgehead atoms. The highest BCUT2D eigenvalue weighted by molar-refractivity contribution is 7.99. The predicted molar refractivity (Wildman–Crippen MR) is 84.6 cm³/mol. The van der Waals surface area contributed by atoms with E-state index >= 15 is 0 Å². The van der Waals surface area contributed by atoms with Crippen molar-refractivity contribution in [3.63, 3.8) is 0 Å². The third-order valence-electron chi connectivity index (χ3n) is 3.55. The van der Waals surface area contributed by atoms with Gasteiger partial charge in [0, 0.05) is 23.1 Å². The van der Waals surface area contributed by atoms with Crippen molar-refractivity contribution < 1.29 is 0 Å². The van der Waals surface area contributed by atoms with Crippen molar-refractivity contribution in [3.05, 3.63) is 58.6 Å². The van der Waals surface area contributed by atoms with Crippen molar-refractivity contribution in [1.82, 2.24) is 0 Å². The van der Waals surface area contributed by atoms with E-state index in [4.69, 9.17) is 11.6 Å². The van der Waals surface area contributed by atoms with Gasteiger partial charge in [0.15, 0.2) is 0 Å². The van der Waals surface area contributed by atoms with Gasteiger partial charge in [-0.2, -0.15) is 0 Å². The molecule has 19 heavy (non-hydrogen) atoms. The van der Waals surface area contributed by atoms with E-state index in [0.29, 0.717) is 5.92 Å². The topological polar surface area (TPSA) is 12.0 Å². The zero-order valence-corrected chi connectivity index (χ0v) is 12.4. The largest absolute Gasteiger partial charge is 0.383 e. The summed E-state index contributed by atoms with van der Waals surface area (Å²) in [5.74, 6) is 1.72. The quantitative estimate of drug-likeness (QED) is 0.858. The number of thioether (sulfide) groups is 1. The lowest BCUT2D eigenvalue weighted by Crippen LogP contribution is -2.13. The minimum Gasteiger partial charge on any atom is -0.383 e. The van der Waals surface area contributed by atoms with Crippen molar-refractivity contribution >= 4 is 29.1 Å². The summed E-state index contributed by atoms with van der Waals surface area (Å²) in [5.41, 5.74) is 3.73. The highest BCUT2D eigenvalue weighted by atomic mass is 35.5. The molecule has 1 atom stereocenters. The van der Waals surface area contributed by atoms with E-state index in [1.54, 1.807) is 0 Å². The van der Waals surface area contributed by atoms with Crippen LogP contribution in [0.3, 0.4) is 0 Å². The van der Waals surface area contributed by atoms with Gasteiger partial charge in [-0.15, -0.1) is 11.8 Å². The number of aryl methyl sites for hydroxylation is 1. The Balaban J connectivity index is 1.75. The summed E-state index contributed by atoms with van der Waals surface area (Å²) in [6, 6.07) is 14.7. The predicted octanol–water partition coefficient (Wildman–Crippen LogP) is 4.95. The van der Waals surface area contributed by atoms with E-state index < -0.39 is 0 Å². The van der Waals surface area contributed by atoms with Crippen molar-refractivity contribution in [2.45, 2.75) is 17.7 Å². The molecule has 1 aliphatic heterocycles. The van der Waals surface area contributed by atoms with Crippen LogP contribution in [0, 0.1) is 6.92 Å². The molecule has 2 aromatic rings. The molecule has 3 heteroatoms. The van der Waals surface area contributed by atoms with Crippen LogP contribution in [0.2, 0.25) is 5.02 Å². The van der Waals surface area contributed by atoms with Crippen LogP contribution in [-0.2, 0) is 0 Å². The van der Waals surface area contributed by atoms with Crippen molar-refractivity contribution in [1.29, 1.82) is 0 Å². The molecule has 1 N–H and O–H groups in total. The fourth-order valence-electron chi connectivity index (χ4n) is 2.48. The van der Waals surface area contributed by atoms with Gasteiger partial charge < -0.3 is 5.32 Å². The molecule has 0 amide bonds. The van der Waals surface area contributed by atoms with E-state index in [1.807, 2.05) is 23.9 Å². The Kier molecular flexibility index (Phi) is 3.72. The number of hydrogen-bond donors (Lipinski definition) is 1. The second-order valence-electron chi connectivity index (χ2n) is 4.86. The highest BCUT2D eigenvalue weighted by Gasteiger charge is 2.22. The summed E-state index contributed by atoms with van der Waals surface area (Å²) in [5, 5.41) is 4.32. The maximum atomic E-state index is 6.25. The molecule has 1 aliphatic rings. The van der Waals surface area contributed by atoms with Crippen LogP contribution in [0.5, 0.6) is 0 Å². The zero-order valence-electron chi connectivity index (χ0n) is 10.8. The lowest BCUT2D eigenvalue weighted by molar-refractivity contribution is 0.818. The minimum absolute atomic E-state index is 0.567. The van der Waals surface area contributed by atoms with Crippen LogP contribution in [0.1, 0.15) is 17.0 Å². The number of anilines is 1. The Bertz CT molecular complexity index is 577. The van der Waals surface area contributed by atoms with Crippen LogP contribution in [0.25, 0.3) is 0 Å². The van der Waals surface area contributed by atoms with Crippen molar-refractivity contribution in [2.24, 2.45) is 0 Å². The Labute approximate surface area is 123 Å². The lowest BCUT2D eigenvalue weighted by atomic mass is 10.0. The van der Waals surface area contributed by atoms with Gasteiger partial charge in [-0.3, -0.25) is 0 Å². The molecule has 0 radical (unpaired) electrons. The fourth-order valence-corrected chi connectivity index (χ4v) is 4.02. The van der Waals surface area contributed by atoms with Gasteiger partial charge >= 0.3 is 0 Å². The molecule has 0 saturated heterocycles. The van der Waals surface area contributed by atoms with Gasteiger partial charge in [-0.25, -0.2) is 0 Å². The maximum Gasteiger partial charge on any atom is 0.0640 e. The number of fused-ring (bicyclic) bond motifs is 1. The summed E-state index contributed by atoms with van der Waals surface area (Å²) in [4.78, 5) is 1.42. The zero-order chi connectivity index (χ0) is 13.2. The molecule has 0 fully saturated rings. The third kappa shape index (κ3) is 2.60. The van der Waals surface area contributed by atoms with E-state index in [9.17, 15) is 0 Å². The van der Waals surface area contributed by atoms with Gasteiger partial charge in [-0.1, -0.05) is 41.9 Å². The van der Waals surface area contributed by atoms with Gasteiger partial charge in [0.1, 0.15) is 0 Å². The summed E-state index contributed by atoms with van der Waals surface area (Å²) < 4.78 is 0. The first-order valence-electron chi connectivity index (χ1n) is 6.46. The summed E-state index contributed by atoms with van der Waals surface area (Å²) in [6.45, 7) is 3.03. The molecule has 2 aromatic carbocycles. The first-order chi connectivity index (χ1) is 9.25. The van der Waals surface area contributed by atoms with E-state index in [0.717, 1.165) is 23.0 Å². The normalized spacial score (nSPS) is 17.3. The first-order valence-corrected chi connectivity index (χ1v) is 7.83. The van der Waals surface area contributed by atoms with Gasteiger partial charge in [0.05, 0.1) is 10.7 Å². The number of rotatable bonds is 3. The molecule has 0 spiro atoms. The number of nitrogens with one attached hydrogen (secondary N) is 1. The van der Waals surface area contributed by atoms with Crippen LogP contribution >= 0.6 is 23.4 Å². The van der Waals surface area contributed by atoms with Crippen molar-refractivity contribution in [3.8, 4) is 0 Å². The number of para-hydroxylation sites is 1. The lowest BCUT2D eigenvalue weighted by Gasteiger charge is -2.15. The monoisotopic (exact) mass is 289 g/mol. The molecule has 1 heterocycles. The average molecular weight is 290 g/mol. The van der Waals surface area contributed by atoms with Gasteiger partial charge in [0.25, 0.3) is 0 Å². The third-order valence-corrected chi connectivity index (χ3v) is 5.11. The van der Waals surface area contributed by atoms with E-state index in [2.05, 4.69) is 42.6 Å². The van der Waals surface area contributed by atoms with Gasteiger partial charge in [-0.05, 0) is 30.2 Å². The summed E-state index contributed by atoms with van der Waals surface area (Å²) in [7, 11) is 0. The molecule has 1 nitrogen and oxygen atoms in total. The summed E-state index contributed by atoms with van der Waals surface area (Å²) in [6.07, 6.45) is 0. The van der Waals surface area contributed by atoms with Crippen LogP contribution in [-0.4, -0.2) is 12.3 Å². The molecule has 0 saturated carbocycles. The Morgan fingerprint density at radius 3 is 2.89 bits per heavy atom. The van der Waals surface area contributed by atoms with E-state index in [1.165, 1.54) is 16.0 Å². The second-order valence-corrected chi connectivity index (χ2v) is 6.33. The van der Waals surface area contributed by atoms with Gasteiger partial charge in [0.2, 0.25) is 0 Å². The van der Waals surface area contributed by atoms with Crippen LogP contribution in [0.15, 0.2) is 47.4 Å². The number of halogens is 1. The Morgan fingerprint density at radius 1 is 1.21 bits per heavy atom. The molecular weight excluding hydrogens is 274 g/mol. The fraction of sp³-hybridized carbons (Fsp3) is 0.250.